The summed E-state index contributed by atoms with van der Waals surface area (Å²) in [7, 11) is 0. The van der Waals surface area contributed by atoms with Gasteiger partial charge in [-0.15, -0.1) is 0 Å². The molecule has 1 aromatic carbocycles. The molecule has 7 nitrogen and oxygen atoms in total. The number of thioether (sulfide) groups is 1. The number of aryl methyl sites for hydroxylation is 2. The highest BCUT2D eigenvalue weighted by molar-refractivity contribution is 7.99. The van der Waals surface area contributed by atoms with Gasteiger partial charge in [0.15, 0.2) is 5.16 Å². The number of carbonyl (C=O) groups excluding carboxylic acids is 2. The quantitative estimate of drug-likeness (QED) is 0.429. The highest BCUT2D eigenvalue weighted by Gasteiger charge is 2.26. The van der Waals surface area contributed by atoms with Gasteiger partial charge in [0, 0.05) is 44.4 Å². The number of hydrogen-bond acceptors (Lipinski definition) is 6. The lowest BCUT2D eigenvalue weighted by Crippen LogP contribution is -2.53. The Labute approximate surface area is 186 Å². The molecule has 2 aromatic rings. The van der Waals surface area contributed by atoms with Gasteiger partial charge in [0.25, 0.3) is 0 Å². The third-order valence-electron chi connectivity index (χ3n) is 5.14. The van der Waals surface area contributed by atoms with Crippen LogP contribution in [0.4, 0.5) is 11.5 Å². The van der Waals surface area contributed by atoms with E-state index in [0.29, 0.717) is 35.8 Å². The molecule has 1 unspecified atom stereocenters. The Hall–Kier alpha value is -2.32. The van der Waals surface area contributed by atoms with E-state index in [1.807, 2.05) is 43.9 Å². The molecule has 0 spiro atoms. The van der Waals surface area contributed by atoms with Crippen LogP contribution in [-0.2, 0) is 9.59 Å². The number of halogens is 1. The van der Waals surface area contributed by atoms with Crippen LogP contribution in [0.3, 0.4) is 0 Å². The van der Waals surface area contributed by atoms with Crippen molar-refractivity contribution in [3.8, 4) is 0 Å². The summed E-state index contributed by atoms with van der Waals surface area (Å²) in [5, 5.41) is 3.68. The van der Waals surface area contributed by atoms with Gasteiger partial charge < -0.3 is 15.1 Å². The van der Waals surface area contributed by atoms with Gasteiger partial charge in [0.2, 0.25) is 11.8 Å². The van der Waals surface area contributed by atoms with Gasteiger partial charge in [0.1, 0.15) is 11.0 Å². The number of carbonyl (C=O) groups is 2. The van der Waals surface area contributed by atoms with Gasteiger partial charge in [-0.1, -0.05) is 29.4 Å². The fourth-order valence-corrected chi connectivity index (χ4v) is 4.27. The largest absolute Gasteiger partial charge is 0.353 e. The summed E-state index contributed by atoms with van der Waals surface area (Å²) in [5.41, 5.74) is 3.08. The van der Waals surface area contributed by atoms with E-state index < -0.39 is 0 Å². The number of aromatic nitrogens is 2. The lowest BCUT2D eigenvalue weighted by atomic mass is 10.1. The summed E-state index contributed by atoms with van der Waals surface area (Å²) in [6, 6.07) is 7.63. The van der Waals surface area contributed by atoms with E-state index in [4.69, 9.17) is 11.6 Å². The van der Waals surface area contributed by atoms with Crippen molar-refractivity contribution in [2.45, 2.75) is 38.9 Å². The Kier molecular flexibility index (Phi) is 7.20. The van der Waals surface area contributed by atoms with E-state index in [0.717, 1.165) is 11.3 Å². The van der Waals surface area contributed by atoms with Crippen LogP contribution in [-0.4, -0.2) is 58.1 Å². The topological polar surface area (TPSA) is 78.4 Å². The number of benzene rings is 1. The zero-order valence-corrected chi connectivity index (χ0v) is 19.2. The summed E-state index contributed by atoms with van der Waals surface area (Å²) in [6.07, 6.45) is 0. The van der Waals surface area contributed by atoms with Gasteiger partial charge in [0.05, 0.1) is 5.75 Å². The number of hydrogen-bond donors (Lipinski definition) is 1. The molecule has 1 atom stereocenters. The molecule has 2 heterocycles. The first kappa shape index (κ1) is 22.4. The van der Waals surface area contributed by atoms with Crippen LogP contribution in [0.2, 0.25) is 5.15 Å². The summed E-state index contributed by atoms with van der Waals surface area (Å²) < 4.78 is 0. The van der Waals surface area contributed by atoms with Crippen LogP contribution in [0.15, 0.2) is 29.4 Å². The second-order valence-electron chi connectivity index (χ2n) is 7.47. The third kappa shape index (κ3) is 5.64. The number of amides is 2. The molecule has 1 aliphatic rings. The molecule has 3 rings (SSSR count). The molecule has 0 saturated carbocycles. The van der Waals surface area contributed by atoms with Crippen LogP contribution in [0.25, 0.3) is 0 Å². The molecule has 2 amide bonds. The minimum atomic E-state index is -0.128. The van der Waals surface area contributed by atoms with E-state index in [-0.39, 0.29) is 23.6 Å². The van der Waals surface area contributed by atoms with E-state index in [9.17, 15) is 9.59 Å². The molecule has 1 N–H and O–H groups in total. The van der Waals surface area contributed by atoms with Crippen LogP contribution in [0, 0.1) is 13.8 Å². The highest BCUT2D eigenvalue weighted by atomic mass is 35.5. The second-order valence-corrected chi connectivity index (χ2v) is 8.80. The number of piperazine rings is 1. The molecular formula is C21H26ClN5O2S. The number of nitrogens with one attached hydrogen (secondary N) is 1. The molecule has 30 heavy (non-hydrogen) atoms. The zero-order valence-electron chi connectivity index (χ0n) is 17.6. The van der Waals surface area contributed by atoms with Crippen molar-refractivity contribution in [2.75, 3.05) is 35.6 Å². The lowest BCUT2D eigenvalue weighted by molar-refractivity contribution is -0.131. The highest BCUT2D eigenvalue weighted by Crippen LogP contribution is 2.24. The molecule has 0 bridgehead atoms. The minimum absolute atomic E-state index is 0.0777. The van der Waals surface area contributed by atoms with Gasteiger partial charge >= 0.3 is 0 Å². The maximum atomic E-state index is 12.3. The van der Waals surface area contributed by atoms with Gasteiger partial charge in [-0.3, -0.25) is 9.59 Å². The number of rotatable bonds is 5. The fraction of sp³-hybridized carbons (Fsp3) is 0.429. The van der Waals surface area contributed by atoms with Gasteiger partial charge in [-0.05, 0) is 44.0 Å². The normalized spacial score (nSPS) is 16.5. The SMILES string of the molecule is CC(=O)N1CCN(c2cc(Cl)nc(SCC(=O)Nc3ccc(C)c(C)c3)n2)CC1C. The monoisotopic (exact) mass is 447 g/mol. The molecule has 160 valence electrons. The molecular weight excluding hydrogens is 422 g/mol. The van der Waals surface area contributed by atoms with Gasteiger partial charge in [-0.2, -0.15) is 0 Å². The number of anilines is 2. The lowest BCUT2D eigenvalue weighted by Gasteiger charge is -2.40. The Morgan fingerprint density at radius 2 is 1.97 bits per heavy atom. The Bertz CT molecular complexity index is 955. The first-order valence-corrected chi connectivity index (χ1v) is 11.2. The summed E-state index contributed by atoms with van der Waals surface area (Å²) >= 11 is 7.45. The maximum absolute atomic E-state index is 12.3. The van der Waals surface area contributed by atoms with E-state index in [2.05, 4.69) is 20.2 Å². The average molecular weight is 448 g/mol. The minimum Gasteiger partial charge on any atom is -0.353 e. The maximum Gasteiger partial charge on any atom is 0.234 e. The van der Waals surface area contributed by atoms with Gasteiger partial charge in [-0.25, -0.2) is 9.97 Å². The smallest absolute Gasteiger partial charge is 0.234 e. The van der Waals surface area contributed by atoms with E-state index >= 15 is 0 Å². The van der Waals surface area contributed by atoms with Crippen LogP contribution < -0.4 is 10.2 Å². The molecule has 1 saturated heterocycles. The zero-order chi connectivity index (χ0) is 21.8. The van der Waals surface area contributed by atoms with Crippen LogP contribution >= 0.6 is 23.4 Å². The van der Waals surface area contributed by atoms with Crippen LogP contribution in [0.5, 0.6) is 0 Å². The van der Waals surface area contributed by atoms with Crippen molar-refractivity contribution in [1.29, 1.82) is 0 Å². The van der Waals surface area contributed by atoms with Crippen molar-refractivity contribution < 1.29 is 9.59 Å². The molecule has 9 heteroatoms. The first-order chi connectivity index (χ1) is 14.2. The Balaban J connectivity index is 1.62. The molecule has 1 aliphatic heterocycles. The third-order valence-corrected chi connectivity index (χ3v) is 6.18. The van der Waals surface area contributed by atoms with Crippen molar-refractivity contribution >= 4 is 46.7 Å². The first-order valence-electron chi connectivity index (χ1n) is 9.79. The average Bonchev–Trinajstić information content (AvgIpc) is 2.68. The van der Waals surface area contributed by atoms with E-state index in [1.54, 1.807) is 13.0 Å². The van der Waals surface area contributed by atoms with Crippen molar-refractivity contribution in [3.05, 3.63) is 40.5 Å². The predicted octanol–water partition coefficient (Wildman–Crippen LogP) is 3.53. The fourth-order valence-electron chi connectivity index (χ4n) is 3.39. The molecule has 0 aliphatic carbocycles. The Morgan fingerprint density at radius 3 is 2.63 bits per heavy atom. The second kappa shape index (κ2) is 9.66. The summed E-state index contributed by atoms with van der Waals surface area (Å²) in [5.74, 6) is 0.842. The Morgan fingerprint density at radius 1 is 1.20 bits per heavy atom. The standard InChI is InChI=1S/C21H26ClN5O2S/c1-13-5-6-17(9-14(13)2)23-20(29)12-30-21-24-18(22)10-19(25-21)26-7-8-27(16(4)28)15(3)11-26/h5-6,9-10,15H,7-8,11-12H2,1-4H3,(H,23,29). The molecule has 1 fully saturated rings. The van der Waals surface area contributed by atoms with Crippen molar-refractivity contribution in [3.63, 3.8) is 0 Å². The van der Waals surface area contributed by atoms with Crippen molar-refractivity contribution in [2.24, 2.45) is 0 Å². The number of nitrogens with zero attached hydrogens (tertiary/aromatic N) is 4. The molecule has 1 aromatic heterocycles. The van der Waals surface area contributed by atoms with E-state index in [1.165, 1.54) is 17.3 Å². The van der Waals surface area contributed by atoms with Crippen molar-refractivity contribution in [1.82, 2.24) is 14.9 Å². The summed E-state index contributed by atoms with van der Waals surface area (Å²) in [6.45, 7) is 9.64. The summed E-state index contributed by atoms with van der Waals surface area (Å²) in [4.78, 5) is 36.8. The predicted molar refractivity (Wildman–Crippen MR) is 121 cm³/mol. The van der Waals surface area contributed by atoms with Crippen LogP contribution in [0.1, 0.15) is 25.0 Å². The molecule has 0 radical (unpaired) electrons.